The van der Waals surface area contributed by atoms with E-state index in [1.165, 1.54) is 17.5 Å². The lowest BCUT2D eigenvalue weighted by molar-refractivity contribution is -0.138. The lowest BCUT2D eigenvalue weighted by Crippen LogP contribution is -2.09. The summed E-state index contributed by atoms with van der Waals surface area (Å²) in [6.07, 6.45) is 2.01. The Kier molecular flexibility index (Phi) is 7.13. The van der Waals surface area contributed by atoms with Gasteiger partial charge in [0.1, 0.15) is 11.1 Å². The molecule has 118 valence electrons. The van der Waals surface area contributed by atoms with Crippen molar-refractivity contribution in [2.75, 3.05) is 18.5 Å². The molecule has 0 spiro atoms. The molecule has 0 radical (unpaired) electrons. The third-order valence-electron chi connectivity index (χ3n) is 2.59. The summed E-state index contributed by atoms with van der Waals surface area (Å²) in [5.74, 6) is -1.15. The maximum absolute atomic E-state index is 11.9. The van der Waals surface area contributed by atoms with Crippen molar-refractivity contribution in [2.24, 2.45) is 0 Å². The highest BCUT2D eigenvalue weighted by Crippen LogP contribution is 2.29. The molecule has 0 amide bonds. The average molecular weight is 322 g/mol. The number of anilines is 1. The first-order chi connectivity index (χ1) is 10.6. The zero-order valence-electron chi connectivity index (χ0n) is 12.8. The van der Waals surface area contributed by atoms with Crippen LogP contribution in [0.2, 0.25) is 0 Å². The summed E-state index contributed by atoms with van der Waals surface area (Å²) in [6.45, 7) is 5.82. The zero-order chi connectivity index (χ0) is 16.5. The molecule has 0 saturated carbocycles. The molecule has 1 aromatic heterocycles. The van der Waals surface area contributed by atoms with Gasteiger partial charge in [0.25, 0.3) is 0 Å². The van der Waals surface area contributed by atoms with Crippen molar-refractivity contribution in [2.45, 2.75) is 27.2 Å². The van der Waals surface area contributed by atoms with Crippen LogP contribution in [0.1, 0.15) is 36.0 Å². The van der Waals surface area contributed by atoms with Crippen LogP contribution in [0.4, 0.5) is 5.00 Å². The van der Waals surface area contributed by atoms with Gasteiger partial charge >= 0.3 is 11.9 Å². The minimum atomic E-state index is -0.706. The van der Waals surface area contributed by atoms with Crippen LogP contribution in [-0.4, -0.2) is 25.2 Å². The predicted octanol–water partition coefficient (Wildman–Crippen LogP) is 2.87. The molecule has 7 heteroatoms. The fraction of sp³-hybridized carbons (Fsp3) is 0.400. The quantitative estimate of drug-likeness (QED) is 0.472. The van der Waals surface area contributed by atoms with E-state index >= 15 is 0 Å². The molecule has 0 fully saturated rings. The second-order valence-electron chi connectivity index (χ2n) is 4.06. The topological polar surface area (TPSA) is 88.4 Å². The van der Waals surface area contributed by atoms with E-state index in [1.807, 2.05) is 6.92 Å². The lowest BCUT2D eigenvalue weighted by atomic mass is 10.2. The minimum absolute atomic E-state index is 0.164. The highest BCUT2D eigenvalue weighted by Gasteiger charge is 2.17. The monoisotopic (exact) mass is 322 g/mol. The summed E-state index contributed by atoms with van der Waals surface area (Å²) in [5, 5.41) is 12.3. The molecule has 1 heterocycles. The van der Waals surface area contributed by atoms with E-state index in [2.05, 4.69) is 5.32 Å². The Bertz CT molecular complexity index is 614. The van der Waals surface area contributed by atoms with Gasteiger partial charge in [0.2, 0.25) is 0 Å². The Morgan fingerprint density at radius 3 is 2.55 bits per heavy atom. The highest BCUT2D eigenvalue weighted by molar-refractivity contribution is 7.16. The molecule has 22 heavy (non-hydrogen) atoms. The average Bonchev–Trinajstić information content (AvgIpc) is 2.92. The third-order valence-corrected chi connectivity index (χ3v) is 3.80. The van der Waals surface area contributed by atoms with Gasteiger partial charge in [-0.05, 0) is 26.3 Å². The highest BCUT2D eigenvalue weighted by atomic mass is 32.1. The van der Waals surface area contributed by atoms with Gasteiger partial charge < -0.3 is 14.8 Å². The largest absolute Gasteiger partial charge is 0.462 e. The van der Waals surface area contributed by atoms with Crippen molar-refractivity contribution in [3.05, 3.63) is 28.3 Å². The molecule has 0 bridgehead atoms. The summed E-state index contributed by atoms with van der Waals surface area (Å²) in [6, 6.07) is 3.51. The van der Waals surface area contributed by atoms with Gasteiger partial charge in [-0.1, -0.05) is 6.92 Å². The fourth-order valence-electron chi connectivity index (χ4n) is 1.57. The summed E-state index contributed by atoms with van der Waals surface area (Å²) in [7, 11) is 0. The van der Waals surface area contributed by atoms with Crippen LogP contribution < -0.4 is 5.32 Å². The van der Waals surface area contributed by atoms with Gasteiger partial charge in [-0.2, -0.15) is 5.26 Å². The second-order valence-corrected chi connectivity index (χ2v) is 5.20. The van der Waals surface area contributed by atoms with Crippen LogP contribution in [-0.2, 0) is 20.7 Å². The molecule has 0 aromatic carbocycles. The van der Waals surface area contributed by atoms with Crippen LogP contribution in [0.3, 0.4) is 0 Å². The van der Waals surface area contributed by atoms with Gasteiger partial charge in [0.15, 0.2) is 5.57 Å². The number of nitriles is 1. The maximum Gasteiger partial charge on any atom is 0.350 e. The SMILES string of the molecule is CCOC(=O)C(C#N)=CNc1sc(CC)cc1C(=O)OCC. The van der Waals surface area contributed by atoms with E-state index in [0.717, 1.165) is 11.3 Å². The summed E-state index contributed by atoms with van der Waals surface area (Å²) in [5.41, 5.74) is 0.226. The Hall–Kier alpha value is -2.33. The first-order valence-corrected chi connectivity index (χ1v) is 7.72. The van der Waals surface area contributed by atoms with Gasteiger partial charge in [-0.25, -0.2) is 9.59 Å². The zero-order valence-corrected chi connectivity index (χ0v) is 13.6. The van der Waals surface area contributed by atoms with E-state index in [9.17, 15) is 9.59 Å². The van der Waals surface area contributed by atoms with E-state index in [4.69, 9.17) is 14.7 Å². The molecular weight excluding hydrogens is 304 g/mol. The molecule has 1 rings (SSSR count). The van der Waals surface area contributed by atoms with Crippen molar-refractivity contribution >= 4 is 28.3 Å². The molecule has 0 atom stereocenters. The van der Waals surface area contributed by atoms with E-state index in [0.29, 0.717) is 10.6 Å². The number of esters is 2. The minimum Gasteiger partial charge on any atom is -0.462 e. The number of rotatable bonds is 7. The maximum atomic E-state index is 11.9. The summed E-state index contributed by atoms with van der Waals surface area (Å²) in [4.78, 5) is 24.4. The van der Waals surface area contributed by atoms with Crippen molar-refractivity contribution in [1.82, 2.24) is 0 Å². The van der Waals surface area contributed by atoms with Crippen molar-refractivity contribution in [3.63, 3.8) is 0 Å². The number of hydrogen-bond donors (Lipinski definition) is 1. The number of ether oxygens (including phenoxy) is 2. The van der Waals surface area contributed by atoms with Crippen LogP contribution in [0.5, 0.6) is 0 Å². The molecule has 0 aliphatic heterocycles. The first kappa shape index (κ1) is 17.7. The van der Waals surface area contributed by atoms with Gasteiger partial charge in [0, 0.05) is 11.1 Å². The fourth-order valence-corrected chi connectivity index (χ4v) is 2.52. The van der Waals surface area contributed by atoms with Gasteiger partial charge in [0.05, 0.1) is 18.8 Å². The van der Waals surface area contributed by atoms with E-state index < -0.39 is 11.9 Å². The van der Waals surface area contributed by atoms with Gasteiger partial charge in [-0.15, -0.1) is 11.3 Å². The van der Waals surface area contributed by atoms with Crippen LogP contribution in [0, 0.1) is 11.3 Å². The number of thiophene rings is 1. The van der Waals surface area contributed by atoms with Crippen LogP contribution in [0.15, 0.2) is 17.8 Å². The Morgan fingerprint density at radius 1 is 1.32 bits per heavy atom. The van der Waals surface area contributed by atoms with E-state index in [-0.39, 0.29) is 18.8 Å². The number of carbonyl (C=O) groups is 2. The molecule has 1 N–H and O–H groups in total. The third kappa shape index (κ3) is 4.60. The molecule has 0 aliphatic rings. The number of hydrogen-bond acceptors (Lipinski definition) is 7. The summed E-state index contributed by atoms with van der Waals surface area (Å²) < 4.78 is 9.76. The lowest BCUT2D eigenvalue weighted by Gasteiger charge is -2.04. The summed E-state index contributed by atoms with van der Waals surface area (Å²) >= 11 is 1.37. The number of nitrogens with zero attached hydrogens (tertiary/aromatic N) is 1. The molecule has 6 nitrogen and oxygen atoms in total. The number of aryl methyl sites for hydroxylation is 1. The smallest absolute Gasteiger partial charge is 0.350 e. The normalized spacial score (nSPS) is 10.7. The van der Waals surface area contributed by atoms with Crippen LogP contribution in [0.25, 0.3) is 0 Å². The number of carbonyl (C=O) groups excluding carboxylic acids is 2. The molecule has 1 aromatic rings. The standard InChI is InChI=1S/C15H18N2O4S/c1-4-11-7-12(15(19)21-6-3)13(22-11)17-9-10(8-16)14(18)20-5-2/h7,9,17H,4-6H2,1-3H3. The van der Waals surface area contributed by atoms with Crippen LogP contribution >= 0.6 is 11.3 Å². The predicted molar refractivity (Wildman–Crippen MR) is 83.6 cm³/mol. The molecular formula is C15H18N2O4S. The van der Waals surface area contributed by atoms with Crippen molar-refractivity contribution in [3.8, 4) is 6.07 Å². The van der Waals surface area contributed by atoms with E-state index in [1.54, 1.807) is 26.0 Å². The molecule has 0 unspecified atom stereocenters. The Labute approximate surface area is 133 Å². The number of nitrogens with one attached hydrogen (secondary N) is 1. The molecule has 0 aliphatic carbocycles. The second kappa shape index (κ2) is 8.85. The Balaban J connectivity index is 3.01. The van der Waals surface area contributed by atoms with Gasteiger partial charge in [-0.3, -0.25) is 0 Å². The van der Waals surface area contributed by atoms with Crippen molar-refractivity contribution < 1.29 is 19.1 Å². The first-order valence-electron chi connectivity index (χ1n) is 6.91. The Morgan fingerprint density at radius 2 is 2.00 bits per heavy atom. The van der Waals surface area contributed by atoms with Crippen molar-refractivity contribution in [1.29, 1.82) is 5.26 Å². The molecule has 0 saturated heterocycles.